The average Bonchev–Trinajstić information content (AvgIpc) is 2.89. The molecule has 1 aromatic carbocycles. The van der Waals surface area contributed by atoms with Gasteiger partial charge in [0.25, 0.3) is 5.91 Å². The van der Waals surface area contributed by atoms with Crippen LogP contribution in [0.3, 0.4) is 0 Å². The monoisotopic (exact) mass is 463 g/mol. The first-order valence-electron chi connectivity index (χ1n) is 13.0. The second-order valence-electron chi connectivity index (χ2n) is 10.0. The Morgan fingerprint density at radius 3 is 2.32 bits per heavy atom. The lowest BCUT2D eigenvalue weighted by Gasteiger charge is -2.38. The summed E-state index contributed by atoms with van der Waals surface area (Å²) in [6.07, 6.45) is 5.03. The van der Waals surface area contributed by atoms with Gasteiger partial charge in [-0.1, -0.05) is 38.1 Å². The van der Waals surface area contributed by atoms with Crippen molar-refractivity contribution in [2.45, 2.75) is 33.1 Å². The van der Waals surface area contributed by atoms with E-state index in [0.29, 0.717) is 11.6 Å². The summed E-state index contributed by atoms with van der Waals surface area (Å²) in [5, 5.41) is 0. The van der Waals surface area contributed by atoms with Crippen LogP contribution in [-0.4, -0.2) is 92.0 Å². The Labute approximate surface area is 205 Å². The van der Waals surface area contributed by atoms with Gasteiger partial charge in [-0.3, -0.25) is 4.79 Å². The van der Waals surface area contributed by atoms with Gasteiger partial charge in [0, 0.05) is 71.7 Å². The van der Waals surface area contributed by atoms with Crippen molar-refractivity contribution < 1.29 is 4.79 Å². The first kappa shape index (κ1) is 24.7. The van der Waals surface area contributed by atoms with E-state index in [1.165, 1.54) is 38.3 Å². The van der Waals surface area contributed by atoms with Crippen LogP contribution < -0.4 is 4.90 Å². The van der Waals surface area contributed by atoms with Crippen LogP contribution in [-0.2, 0) is 6.42 Å². The molecule has 0 saturated carbocycles. The van der Waals surface area contributed by atoms with Crippen molar-refractivity contribution in [3.63, 3.8) is 0 Å². The first-order valence-corrected chi connectivity index (χ1v) is 13.0. The third kappa shape index (κ3) is 5.78. The van der Waals surface area contributed by atoms with E-state index in [0.717, 1.165) is 55.7 Å². The van der Waals surface area contributed by atoms with Crippen LogP contribution in [0, 0.1) is 5.92 Å². The molecule has 3 heterocycles. The molecule has 0 unspecified atom stereocenters. The highest BCUT2D eigenvalue weighted by Gasteiger charge is 2.28. The van der Waals surface area contributed by atoms with Gasteiger partial charge in [-0.25, -0.2) is 4.98 Å². The summed E-state index contributed by atoms with van der Waals surface area (Å²) in [6.45, 7) is 13.1. The van der Waals surface area contributed by atoms with Crippen molar-refractivity contribution in [2.24, 2.45) is 5.92 Å². The fraction of sp³-hybridized carbons (Fsp3) is 0.571. The second-order valence-corrected chi connectivity index (χ2v) is 10.0. The van der Waals surface area contributed by atoms with Crippen LogP contribution in [0.1, 0.15) is 42.7 Å². The molecule has 2 aliphatic rings. The topological polar surface area (TPSA) is 42.9 Å². The molecule has 34 heavy (non-hydrogen) atoms. The Morgan fingerprint density at radius 2 is 1.68 bits per heavy atom. The number of carbonyl (C=O) groups is 1. The molecular weight excluding hydrogens is 422 g/mol. The smallest absolute Gasteiger partial charge is 0.274 e. The Hall–Kier alpha value is -2.44. The molecule has 2 fully saturated rings. The SMILES string of the molecule is CCc1cccc(-c2cnc(C(=O)N3CCC(CN4CCN(CC)CC4)CC3)c(N(C)C)c2)c1. The number of likely N-dealkylation sites (N-methyl/N-ethyl adjacent to an activating group) is 1. The van der Waals surface area contributed by atoms with Crippen molar-refractivity contribution in [1.29, 1.82) is 0 Å². The molecule has 0 radical (unpaired) electrons. The molecule has 6 heteroatoms. The van der Waals surface area contributed by atoms with Crippen LogP contribution in [0.4, 0.5) is 5.69 Å². The number of aromatic nitrogens is 1. The lowest BCUT2D eigenvalue weighted by atomic mass is 9.95. The normalized spacial score (nSPS) is 18.3. The van der Waals surface area contributed by atoms with E-state index in [4.69, 9.17) is 0 Å². The number of rotatable bonds is 7. The van der Waals surface area contributed by atoms with Gasteiger partial charge in [0.15, 0.2) is 5.69 Å². The zero-order valence-electron chi connectivity index (χ0n) is 21.5. The summed E-state index contributed by atoms with van der Waals surface area (Å²) in [5.74, 6) is 0.749. The quantitative estimate of drug-likeness (QED) is 0.624. The number of hydrogen-bond donors (Lipinski definition) is 0. The predicted molar refractivity (Wildman–Crippen MR) is 141 cm³/mol. The van der Waals surface area contributed by atoms with E-state index in [1.807, 2.05) is 30.1 Å². The maximum atomic E-state index is 13.5. The van der Waals surface area contributed by atoms with Crippen molar-refractivity contribution >= 4 is 11.6 Å². The molecule has 1 aromatic heterocycles. The van der Waals surface area contributed by atoms with Gasteiger partial charge in [-0.05, 0) is 48.9 Å². The highest BCUT2D eigenvalue weighted by molar-refractivity contribution is 5.98. The molecule has 4 rings (SSSR count). The number of nitrogens with zero attached hydrogens (tertiary/aromatic N) is 5. The van der Waals surface area contributed by atoms with Crippen LogP contribution in [0.2, 0.25) is 0 Å². The standard InChI is InChI=1S/C28H41N5O/c1-5-22-8-7-9-24(18-22)25-19-26(30(3)4)27(29-20-25)28(34)33-12-10-23(11-13-33)21-32-16-14-31(6-2)15-17-32/h7-9,18-20,23H,5-6,10-17,21H2,1-4H3. The number of hydrogen-bond acceptors (Lipinski definition) is 5. The third-order valence-electron chi connectivity index (χ3n) is 7.55. The highest BCUT2D eigenvalue weighted by Crippen LogP contribution is 2.28. The highest BCUT2D eigenvalue weighted by atomic mass is 16.2. The van der Waals surface area contributed by atoms with E-state index in [9.17, 15) is 4.79 Å². The minimum Gasteiger partial charge on any atom is -0.376 e. The Morgan fingerprint density at radius 1 is 0.971 bits per heavy atom. The molecule has 0 atom stereocenters. The van der Waals surface area contributed by atoms with E-state index in [-0.39, 0.29) is 5.91 Å². The zero-order valence-corrected chi connectivity index (χ0v) is 21.5. The fourth-order valence-electron chi connectivity index (χ4n) is 5.21. The van der Waals surface area contributed by atoms with E-state index < -0.39 is 0 Å². The van der Waals surface area contributed by atoms with Gasteiger partial charge in [0.2, 0.25) is 0 Å². The molecule has 2 aromatic rings. The summed E-state index contributed by atoms with van der Waals surface area (Å²) in [6, 6.07) is 10.7. The largest absolute Gasteiger partial charge is 0.376 e. The van der Waals surface area contributed by atoms with Crippen LogP contribution in [0.15, 0.2) is 36.5 Å². The average molecular weight is 464 g/mol. The molecule has 184 valence electrons. The number of anilines is 1. The number of pyridine rings is 1. The van der Waals surface area contributed by atoms with Gasteiger partial charge >= 0.3 is 0 Å². The molecule has 1 amide bonds. The van der Waals surface area contributed by atoms with E-state index >= 15 is 0 Å². The van der Waals surface area contributed by atoms with Gasteiger partial charge in [-0.2, -0.15) is 0 Å². The summed E-state index contributed by atoms with van der Waals surface area (Å²) in [4.78, 5) is 27.3. The zero-order chi connectivity index (χ0) is 24.1. The van der Waals surface area contributed by atoms with Crippen molar-refractivity contribution in [3.05, 3.63) is 47.8 Å². The summed E-state index contributed by atoms with van der Waals surface area (Å²) < 4.78 is 0. The second kappa shape index (κ2) is 11.3. The number of likely N-dealkylation sites (tertiary alicyclic amines) is 1. The van der Waals surface area contributed by atoms with Crippen LogP contribution >= 0.6 is 0 Å². The number of benzene rings is 1. The van der Waals surface area contributed by atoms with E-state index in [1.54, 1.807) is 0 Å². The van der Waals surface area contributed by atoms with Crippen LogP contribution in [0.25, 0.3) is 11.1 Å². The molecule has 0 aliphatic carbocycles. The number of amides is 1. The summed E-state index contributed by atoms with van der Waals surface area (Å²) in [5.41, 5.74) is 4.96. The lowest BCUT2D eigenvalue weighted by molar-refractivity contribution is 0.0631. The minimum atomic E-state index is 0.0626. The van der Waals surface area contributed by atoms with Gasteiger partial charge in [0.05, 0.1) is 5.69 Å². The van der Waals surface area contributed by atoms with Gasteiger partial charge < -0.3 is 19.6 Å². The summed E-state index contributed by atoms with van der Waals surface area (Å²) >= 11 is 0. The number of piperidine rings is 1. The molecule has 2 aliphatic heterocycles. The molecule has 6 nitrogen and oxygen atoms in total. The maximum Gasteiger partial charge on any atom is 0.274 e. The Balaban J connectivity index is 1.40. The van der Waals surface area contributed by atoms with Crippen molar-refractivity contribution in [2.75, 3.05) is 71.4 Å². The number of aryl methyl sites for hydroxylation is 1. The van der Waals surface area contributed by atoms with Gasteiger partial charge in [-0.15, -0.1) is 0 Å². The van der Waals surface area contributed by atoms with Gasteiger partial charge in [0.1, 0.15) is 0 Å². The van der Waals surface area contributed by atoms with E-state index in [2.05, 4.69) is 59.0 Å². The Bertz CT molecular complexity index is 959. The minimum absolute atomic E-state index is 0.0626. The Kier molecular flexibility index (Phi) is 8.22. The lowest BCUT2D eigenvalue weighted by Crippen LogP contribution is -2.49. The molecule has 2 saturated heterocycles. The fourth-order valence-corrected chi connectivity index (χ4v) is 5.21. The maximum absolute atomic E-state index is 13.5. The van der Waals surface area contributed by atoms with Crippen LogP contribution in [0.5, 0.6) is 0 Å². The van der Waals surface area contributed by atoms with Crippen molar-refractivity contribution in [1.82, 2.24) is 19.7 Å². The number of carbonyl (C=O) groups excluding carboxylic acids is 1. The summed E-state index contributed by atoms with van der Waals surface area (Å²) in [7, 11) is 3.98. The molecule has 0 N–H and O–H groups in total. The molecule has 0 bridgehead atoms. The number of piperazine rings is 1. The molecular formula is C28H41N5O. The predicted octanol–water partition coefficient (Wildman–Crippen LogP) is 3.87. The first-order chi connectivity index (χ1) is 16.5. The third-order valence-corrected chi connectivity index (χ3v) is 7.55. The van der Waals surface area contributed by atoms with Crippen molar-refractivity contribution in [3.8, 4) is 11.1 Å². The molecule has 0 spiro atoms.